The summed E-state index contributed by atoms with van der Waals surface area (Å²) in [5.41, 5.74) is 3.02. The smallest absolute Gasteiger partial charge is 0.288 e. The van der Waals surface area contributed by atoms with Gasteiger partial charge in [0.2, 0.25) is 5.95 Å². The van der Waals surface area contributed by atoms with Crippen molar-refractivity contribution < 1.29 is 9.47 Å². The number of nitrogens with one attached hydrogen (secondary N) is 2. The number of methoxy groups -OCH3 is 1. The zero-order chi connectivity index (χ0) is 21.4. The average molecular weight is 417 g/mol. The highest BCUT2D eigenvalue weighted by Gasteiger charge is 2.34. The summed E-state index contributed by atoms with van der Waals surface area (Å²) in [6.07, 6.45) is 0. The zero-order valence-electron chi connectivity index (χ0n) is 16.9. The summed E-state index contributed by atoms with van der Waals surface area (Å²) in [6, 6.07) is 14.7. The summed E-state index contributed by atoms with van der Waals surface area (Å²) in [7, 11) is 1.61. The third kappa shape index (κ3) is 3.18. The summed E-state index contributed by atoms with van der Waals surface area (Å²) in [6.45, 7) is 2.51. The van der Waals surface area contributed by atoms with Gasteiger partial charge in [-0.15, -0.1) is 0 Å². The number of hydrogen-bond donors (Lipinski definition) is 2. The van der Waals surface area contributed by atoms with Gasteiger partial charge in [-0.05, 0) is 59.3 Å². The molecule has 4 aromatic rings. The van der Waals surface area contributed by atoms with Gasteiger partial charge in [-0.3, -0.25) is 4.79 Å². The predicted octanol–water partition coefficient (Wildman–Crippen LogP) is 2.53. The van der Waals surface area contributed by atoms with Gasteiger partial charge < -0.3 is 14.8 Å². The maximum atomic E-state index is 12.7. The van der Waals surface area contributed by atoms with Crippen LogP contribution in [0.3, 0.4) is 0 Å². The molecule has 10 nitrogen and oxygen atoms in total. The average Bonchev–Trinajstić information content (AvgIpc) is 3.28. The molecule has 1 aliphatic rings. The van der Waals surface area contributed by atoms with E-state index in [0.717, 1.165) is 22.6 Å². The molecule has 1 aliphatic heterocycles. The fourth-order valence-electron chi connectivity index (χ4n) is 3.73. The second-order valence-corrected chi connectivity index (χ2v) is 6.90. The van der Waals surface area contributed by atoms with Gasteiger partial charge in [0.05, 0.1) is 19.4 Å². The SMILES string of the molecule is CCOc1ccc(C2c3c(-c4ccc(OC)cc4)n[nH]c(=O)c3Nc3nnnn32)cc1. The van der Waals surface area contributed by atoms with Gasteiger partial charge in [0.15, 0.2) is 0 Å². The second-order valence-electron chi connectivity index (χ2n) is 6.90. The first kappa shape index (κ1) is 18.8. The normalized spacial score (nSPS) is 14.3. The molecule has 10 heteroatoms. The number of aromatic nitrogens is 6. The molecule has 0 saturated carbocycles. The zero-order valence-corrected chi connectivity index (χ0v) is 16.9. The van der Waals surface area contributed by atoms with Crippen LogP contribution >= 0.6 is 0 Å². The maximum Gasteiger partial charge on any atom is 0.288 e. The van der Waals surface area contributed by atoms with Crippen LogP contribution in [0.1, 0.15) is 24.1 Å². The van der Waals surface area contributed by atoms with E-state index < -0.39 is 6.04 Å². The number of benzene rings is 2. The number of nitrogens with zero attached hydrogens (tertiary/aromatic N) is 5. The Kier molecular flexibility index (Phi) is 4.58. The highest BCUT2D eigenvalue weighted by molar-refractivity contribution is 5.75. The van der Waals surface area contributed by atoms with Crippen LogP contribution in [0.2, 0.25) is 0 Å². The molecular formula is C21H19N7O3. The summed E-state index contributed by atoms with van der Waals surface area (Å²) in [5, 5.41) is 22.0. The van der Waals surface area contributed by atoms with Gasteiger partial charge in [-0.2, -0.15) is 9.78 Å². The molecule has 0 radical (unpaired) electrons. The Hall–Kier alpha value is -4.21. The Morgan fingerprint density at radius 2 is 1.81 bits per heavy atom. The van der Waals surface area contributed by atoms with E-state index in [1.54, 1.807) is 11.8 Å². The standard InChI is InChI=1S/C21H19N7O3/c1-3-31-15-10-6-13(7-11-15)19-16-17(12-4-8-14(30-2)9-5-12)23-24-20(29)18(16)22-21-25-26-27-28(19)21/h4-11,19H,3H2,1-2H3,(H,24,29)(H,22,25,27). The van der Waals surface area contributed by atoms with Crippen molar-refractivity contribution in [3.8, 4) is 22.8 Å². The molecular weight excluding hydrogens is 398 g/mol. The highest BCUT2D eigenvalue weighted by Crippen LogP contribution is 2.41. The molecule has 2 aromatic carbocycles. The summed E-state index contributed by atoms with van der Waals surface area (Å²) >= 11 is 0. The van der Waals surface area contributed by atoms with Crippen molar-refractivity contribution in [2.24, 2.45) is 0 Å². The largest absolute Gasteiger partial charge is 0.497 e. The highest BCUT2D eigenvalue weighted by atomic mass is 16.5. The molecule has 3 heterocycles. The number of rotatable bonds is 5. The van der Waals surface area contributed by atoms with Crippen LogP contribution in [0.4, 0.5) is 11.6 Å². The lowest BCUT2D eigenvalue weighted by Gasteiger charge is -2.28. The number of H-pyrrole nitrogens is 1. The third-order valence-corrected chi connectivity index (χ3v) is 5.14. The second kappa shape index (κ2) is 7.56. The van der Waals surface area contributed by atoms with Crippen LogP contribution < -0.4 is 20.3 Å². The van der Waals surface area contributed by atoms with Crippen molar-refractivity contribution in [2.45, 2.75) is 13.0 Å². The molecule has 0 aliphatic carbocycles. The third-order valence-electron chi connectivity index (χ3n) is 5.14. The van der Waals surface area contributed by atoms with Gasteiger partial charge >= 0.3 is 0 Å². The van der Waals surface area contributed by atoms with E-state index in [4.69, 9.17) is 9.47 Å². The van der Waals surface area contributed by atoms with E-state index in [-0.39, 0.29) is 5.56 Å². The fraction of sp³-hybridized carbons (Fsp3) is 0.190. The van der Waals surface area contributed by atoms with Crippen LogP contribution in [0, 0.1) is 0 Å². The monoisotopic (exact) mass is 417 g/mol. The molecule has 5 rings (SSSR count). The number of ether oxygens (including phenoxy) is 2. The molecule has 2 aromatic heterocycles. The molecule has 2 N–H and O–H groups in total. The van der Waals surface area contributed by atoms with Crippen molar-refractivity contribution in [1.82, 2.24) is 30.4 Å². The minimum atomic E-state index is -0.455. The Bertz CT molecular complexity index is 1280. The van der Waals surface area contributed by atoms with Crippen LogP contribution in [0.5, 0.6) is 11.5 Å². The molecule has 0 spiro atoms. The number of fused-ring (bicyclic) bond motifs is 2. The van der Waals surface area contributed by atoms with Gasteiger partial charge in [-0.1, -0.05) is 17.2 Å². The minimum absolute atomic E-state index is 0.350. The Balaban J connectivity index is 1.72. The number of hydrogen-bond acceptors (Lipinski definition) is 8. The van der Waals surface area contributed by atoms with E-state index in [1.165, 1.54) is 0 Å². The molecule has 31 heavy (non-hydrogen) atoms. The first-order chi connectivity index (χ1) is 15.2. The van der Waals surface area contributed by atoms with Crippen molar-refractivity contribution in [3.05, 3.63) is 70.0 Å². The number of tetrazole rings is 1. The van der Waals surface area contributed by atoms with Crippen molar-refractivity contribution in [3.63, 3.8) is 0 Å². The van der Waals surface area contributed by atoms with E-state index in [2.05, 4.69) is 31.0 Å². The number of aromatic amines is 1. The summed E-state index contributed by atoms with van der Waals surface area (Å²) < 4.78 is 12.5. The van der Waals surface area contributed by atoms with Crippen LogP contribution in [-0.2, 0) is 0 Å². The topological polar surface area (TPSA) is 120 Å². The number of anilines is 2. The molecule has 0 fully saturated rings. The van der Waals surface area contributed by atoms with Crippen molar-refractivity contribution >= 4 is 11.6 Å². The lowest BCUT2D eigenvalue weighted by Crippen LogP contribution is -2.29. The van der Waals surface area contributed by atoms with E-state index in [0.29, 0.717) is 29.5 Å². The first-order valence-electron chi connectivity index (χ1n) is 9.74. The quantitative estimate of drug-likeness (QED) is 0.448. The Morgan fingerprint density at radius 1 is 1.06 bits per heavy atom. The van der Waals surface area contributed by atoms with E-state index in [9.17, 15) is 4.79 Å². The van der Waals surface area contributed by atoms with Crippen LogP contribution in [0.25, 0.3) is 11.3 Å². The minimum Gasteiger partial charge on any atom is -0.497 e. The summed E-state index contributed by atoms with van der Waals surface area (Å²) in [4.78, 5) is 12.7. The molecule has 0 saturated heterocycles. The predicted molar refractivity (Wildman–Crippen MR) is 113 cm³/mol. The van der Waals surface area contributed by atoms with Gasteiger partial charge in [0.1, 0.15) is 23.2 Å². The Morgan fingerprint density at radius 3 is 2.52 bits per heavy atom. The van der Waals surface area contributed by atoms with Crippen molar-refractivity contribution in [2.75, 3.05) is 19.0 Å². The fourth-order valence-corrected chi connectivity index (χ4v) is 3.73. The lowest BCUT2D eigenvalue weighted by atomic mass is 9.92. The Labute approximate surface area is 176 Å². The molecule has 1 atom stereocenters. The van der Waals surface area contributed by atoms with Gasteiger partial charge in [0.25, 0.3) is 5.56 Å². The van der Waals surface area contributed by atoms with Gasteiger partial charge in [-0.25, -0.2) is 5.10 Å². The lowest BCUT2D eigenvalue weighted by molar-refractivity contribution is 0.340. The maximum absolute atomic E-state index is 12.7. The first-order valence-corrected chi connectivity index (χ1v) is 9.74. The molecule has 0 bridgehead atoms. The molecule has 1 unspecified atom stereocenters. The van der Waals surface area contributed by atoms with E-state index in [1.807, 2.05) is 55.5 Å². The van der Waals surface area contributed by atoms with Crippen molar-refractivity contribution in [1.29, 1.82) is 0 Å². The van der Waals surface area contributed by atoms with E-state index >= 15 is 0 Å². The van der Waals surface area contributed by atoms with Gasteiger partial charge in [0, 0.05) is 11.1 Å². The van der Waals surface area contributed by atoms with Crippen LogP contribution in [0.15, 0.2) is 53.3 Å². The molecule has 156 valence electrons. The summed E-state index contributed by atoms with van der Waals surface area (Å²) in [5.74, 6) is 1.87. The van der Waals surface area contributed by atoms with Crippen LogP contribution in [-0.4, -0.2) is 44.1 Å². The molecule has 0 amide bonds.